The summed E-state index contributed by atoms with van der Waals surface area (Å²) in [4.78, 5) is 16.9. The van der Waals surface area contributed by atoms with Crippen LogP contribution >= 0.6 is 0 Å². The monoisotopic (exact) mass is 335 g/mol. The molecule has 0 fully saturated rings. The van der Waals surface area contributed by atoms with Crippen LogP contribution in [0.1, 0.15) is 30.5 Å². The van der Waals surface area contributed by atoms with Gasteiger partial charge in [-0.15, -0.1) is 0 Å². The number of imidazole rings is 1. The van der Waals surface area contributed by atoms with Gasteiger partial charge in [-0.05, 0) is 49.1 Å². The summed E-state index contributed by atoms with van der Waals surface area (Å²) in [5, 5.41) is 3.03. The van der Waals surface area contributed by atoms with Crippen molar-refractivity contribution in [2.24, 2.45) is 0 Å². The first-order valence-electron chi connectivity index (χ1n) is 8.66. The molecule has 0 aliphatic carbocycles. The smallest absolute Gasteiger partial charge is 0.243 e. The van der Waals surface area contributed by atoms with Crippen LogP contribution in [0.25, 0.3) is 11.0 Å². The number of carbonyl (C=O) groups excluding carboxylic acids is 1. The largest absolute Gasteiger partial charge is 0.493 e. The van der Waals surface area contributed by atoms with Crippen molar-refractivity contribution >= 4 is 16.9 Å². The Morgan fingerprint density at radius 3 is 3.12 bits per heavy atom. The lowest BCUT2D eigenvalue weighted by Crippen LogP contribution is -2.30. The van der Waals surface area contributed by atoms with Crippen molar-refractivity contribution in [2.45, 2.75) is 32.4 Å². The van der Waals surface area contributed by atoms with E-state index in [2.05, 4.69) is 16.4 Å². The minimum absolute atomic E-state index is 0.0166. The van der Waals surface area contributed by atoms with Gasteiger partial charge in [0.05, 0.1) is 24.0 Å². The highest BCUT2D eigenvalue weighted by Gasteiger charge is 2.17. The van der Waals surface area contributed by atoms with Gasteiger partial charge in [-0.25, -0.2) is 4.98 Å². The van der Waals surface area contributed by atoms with E-state index in [0.717, 1.165) is 41.8 Å². The molecule has 2 heterocycles. The summed E-state index contributed by atoms with van der Waals surface area (Å²) in [6, 6.07) is 13.7. The van der Waals surface area contributed by atoms with Crippen LogP contribution in [0.15, 0.2) is 48.8 Å². The number of hydrogen-bond acceptors (Lipinski definition) is 3. The number of ether oxygens (including phenoxy) is 1. The SMILES string of the molecule is CC(C(=O)NCc1ccc2c(c1)CCCO2)n1cnc2ccccc21. The zero-order chi connectivity index (χ0) is 17.2. The molecule has 4 rings (SSSR count). The van der Waals surface area contributed by atoms with Gasteiger partial charge >= 0.3 is 0 Å². The molecule has 1 aliphatic rings. The average molecular weight is 335 g/mol. The number of fused-ring (bicyclic) bond motifs is 2. The second kappa shape index (κ2) is 6.59. The van der Waals surface area contributed by atoms with Crippen LogP contribution < -0.4 is 10.1 Å². The quantitative estimate of drug-likeness (QED) is 0.796. The van der Waals surface area contributed by atoms with E-state index in [0.29, 0.717) is 6.54 Å². The normalized spacial score (nSPS) is 14.6. The summed E-state index contributed by atoms with van der Waals surface area (Å²) in [6.45, 7) is 3.20. The molecule has 1 N–H and O–H groups in total. The average Bonchev–Trinajstić information content (AvgIpc) is 3.09. The van der Waals surface area contributed by atoms with Crippen LogP contribution in [-0.4, -0.2) is 22.1 Å². The fourth-order valence-electron chi connectivity index (χ4n) is 3.27. The first-order chi connectivity index (χ1) is 12.2. The van der Waals surface area contributed by atoms with Gasteiger partial charge in [0.25, 0.3) is 0 Å². The fraction of sp³-hybridized carbons (Fsp3) is 0.300. The zero-order valence-electron chi connectivity index (χ0n) is 14.2. The second-order valence-corrected chi connectivity index (χ2v) is 6.43. The number of rotatable bonds is 4. The number of nitrogens with zero attached hydrogens (tertiary/aromatic N) is 2. The van der Waals surface area contributed by atoms with E-state index in [-0.39, 0.29) is 11.9 Å². The molecule has 1 unspecified atom stereocenters. The van der Waals surface area contributed by atoms with Gasteiger partial charge in [-0.3, -0.25) is 4.79 Å². The number of aryl methyl sites for hydroxylation is 1. The van der Waals surface area contributed by atoms with Crippen LogP contribution in [0.4, 0.5) is 0 Å². The van der Waals surface area contributed by atoms with Crippen molar-refractivity contribution in [3.63, 3.8) is 0 Å². The first kappa shape index (κ1) is 15.7. The molecule has 128 valence electrons. The molecule has 5 nitrogen and oxygen atoms in total. The van der Waals surface area contributed by atoms with Crippen molar-refractivity contribution in [1.82, 2.24) is 14.9 Å². The number of aromatic nitrogens is 2. The van der Waals surface area contributed by atoms with Gasteiger partial charge < -0.3 is 14.6 Å². The van der Waals surface area contributed by atoms with Gasteiger partial charge in [-0.1, -0.05) is 24.3 Å². The Labute approximate surface area is 146 Å². The standard InChI is InChI=1S/C20H21N3O2/c1-14(23-13-22-17-6-2-3-7-18(17)23)20(24)21-12-15-8-9-19-16(11-15)5-4-10-25-19/h2-3,6-9,11,13-14H,4-5,10,12H2,1H3,(H,21,24). The predicted molar refractivity (Wildman–Crippen MR) is 96.5 cm³/mol. The fourth-order valence-corrected chi connectivity index (χ4v) is 3.27. The van der Waals surface area contributed by atoms with E-state index in [1.165, 1.54) is 5.56 Å². The van der Waals surface area contributed by atoms with Gasteiger partial charge in [0, 0.05) is 6.54 Å². The zero-order valence-corrected chi connectivity index (χ0v) is 14.2. The van der Waals surface area contributed by atoms with Gasteiger partial charge in [-0.2, -0.15) is 0 Å². The summed E-state index contributed by atoms with van der Waals surface area (Å²) < 4.78 is 7.54. The Balaban J connectivity index is 1.45. The molecule has 5 heteroatoms. The maximum absolute atomic E-state index is 12.6. The van der Waals surface area contributed by atoms with Crippen LogP contribution in [-0.2, 0) is 17.8 Å². The Kier molecular flexibility index (Phi) is 4.14. The summed E-state index contributed by atoms with van der Waals surface area (Å²) >= 11 is 0. The van der Waals surface area contributed by atoms with Crippen molar-refractivity contribution < 1.29 is 9.53 Å². The van der Waals surface area contributed by atoms with E-state index >= 15 is 0 Å². The highest BCUT2D eigenvalue weighted by atomic mass is 16.5. The third-order valence-electron chi connectivity index (χ3n) is 4.72. The van der Waals surface area contributed by atoms with Gasteiger partial charge in [0.1, 0.15) is 11.8 Å². The minimum atomic E-state index is -0.312. The van der Waals surface area contributed by atoms with E-state index in [4.69, 9.17) is 4.74 Å². The molecule has 0 radical (unpaired) electrons. The lowest BCUT2D eigenvalue weighted by Gasteiger charge is -2.18. The molecule has 0 spiro atoms. The number of benzene rings is 2. The minimum Gasteiger partial charge on any atom is -0.493 e. The first-order valence-corrected chi connectivity index (χ1v) is 8.66. The predicted octanol–water partition coefficient (Wildman–Crippen LogP) is 3.24. The van der Waals surface area contributed by atoms with E-state index in [9.17, 15) is 4.79 Å². The lowest BCUT2D eigenvalue weighted by molar-refractivity contribution is -0.123. The molecular weight excluding hydrogens is 314 g/mol. The number of para-hydroxylation sites is 2. The molecule has 1 aromatic heterocycles. The molecular formula is C20H21N3O2. The molecule has 0 saturated carbocycles. The highest BCUT2D eigenvalue weighted by molar-refractivity contribution is 5.83. The molecule has 2 aromatic carbocycles. The van der Waals surface area contributed by atoms with Gasteiger partial charge in [0.15, 0.2) is 0 Å². The summed E-state index contributed by atoms with van der Waals surface area (Å²) in [5.41, 5.74) is 4.19. The Hall–Kier alpha value is -2.82. The Morgan fingerprint density at radius 2 is 2.20 bits per heavy atom. The third-order valence-corrected chi connectivity index (χ3v) is 4.72. The van der Waals surface area contributed by atoms with Crippen LogP contribution in [0.5, 0.6) is 5.75 Å². The maximum atomic E-state index is 12.6. The van der Waals surface area contributed by atoms with Crippen molar-refractivity contribution in [1.29, 1.82) is 0 Å². The molecule has 0 saturated heterocycles. The Morgan fingerprint density at radius 1 is 1.32 bits per heavy atom. The molecule has 1 amide bonds. The molecule has 3 aromatic rings. The maximum Gasteiger partial charge on any atom is 0.243 e. The molecule has 0 bridgehead atoms. The van der Waals surface area contributed by atoms with Crippen molar-refractivity contribution in [3.8, 4) is 5.75 Å². The van der Waals surface area contributed by atoms with Crippen LogP contribution in [0.2, 0.25) is 0 Å². The number of hydrogen-bond donors (Lipinski definition) is 1. The van der Waals surface area contributed by atoms with E-state index in [1.54, 1.807) is 6.33 Å². The Bertz CT molecular complexity index is 916. The topological polar surface area (TPSA) is 56.1 Å². The number of amides is 1. The molecule has 1 atom stereocenters. The highest BCUT2D eigenvalue weighted by Crippen LogP contribution is 2.25. The van der Waals surface area contributed by atoms with Crippen LogP contribution in [0, 0.1) is 0 Å². The number of nitrogens with one attached hydrogen (secondary N) is 1. The van der Waals surface area contributed by atoms with E-state index < -0.39 is 0 Å². The molecule has 25 heavy (non-hydrogen) atoms. The molecule has 1 aliphatic heterocycles. The van der Waals surface area contributed by atoms with Gasteiger partial charge in [0.2, 0.25) is 5.91 Å². The summed E-state index contributed by atoms with van der Waals surface area (Å²) in [5.74, 6) is 0.955. The second-order valence-electron chi connectivity index (χ2n) is 6.43. The number of carbonyl (C=O) groups is 1. The van der Waals surface area contributed by atoms with Crippen molar-refractivity contribution in [3.05, 3.63) is 59.9 Å². The van der Waals surface area contributed by atoms with E-state index in [1.807, 2.05) is 47.9 Å². The third kappa shape index (κ3) is 3.09. The van der Waals surface area contributed by atoms with Crippen molar-refractivity contribution in [2.75, 3.05) is 6.61 Å². The lowest BCUT2D eigenvalue weighted by atomic mass is 10.0. The van der Waals surface area contributed by atoms with Crippen LogP contribution in [0.3, 0.4) is 0 Å². The summed E-state index contributed by atoms with van der Waals surface area (Å²) in [7, 11) is 0. The summed E-state index contributed by atoms with van der Waals surface area (Å²) in [6.07, 6.45) is 3.81.